The zero-order valence-corrected chi connectivity index (χ0v) is 17.2. The molecule has 0 aliphatic carbocycles. The summed E-state index contributed by atoms with van der Waals surface area (Å²) in [5.74, 6) is 0.678. The first-order chi connectivity index (χ1) is 12.6. The molecule has 0 saturated carbocycles. The van der Waals surface area contributed by atoms with Gasteiger partial charge in [0.15, 0.2) is 0 Å². The van der Waals surface area contributed by atoms with E-state index in [2.05, 4.69) is 12.2 Å². The Hall–Kier alpha value is -1.19. The van der Waals surface area contributed by atoms with Crippen molar-refractivity contribution in [1.29, 1.82) is 0 Å². The molecular weight excluding hydrogens is 326 g/mol. The highest BCUT2D eigenvalue weighted by molar-refractivity contribution is 5.78. The number of Topliss-reactive ketones (excluding diaryl/α,β-unsaturated/α-hetero) is 2. The van der Waals surface area contributed by atoms with E-state index in [4.69, 9.17) is 0 Å². The lowest BCUT2D eigenvalue weighted by Crippen LogP contribution is -2.24. The molecule has 0 saturated heterocycles. The summed E-state index contributed by atoms with van der Waals surface area (Å²) >= 11 is 0. The van der Waals surface area contributed by atoms with E-state index in [0.29, 0.717) is 31.5 Å². The number of unbranched alkanes of at least 4 members (excludes halogenated alkanes) is 9. The first kappa shape index (κ1) is 24.8. The van der Waals surface area contributed by atoms with Gasteiger partial charge in [0, 0.05) is 32.2 Å². The normalized spacial score (nSPS) is 10.7. The Morgan fingerprint density at radius 3 is 1.77 bits per heavy atom. The lowest BCUT2D eigenvalue weighted by atomic mass is 10.0. The summed E-state index contributed by atoms with van der Waals surface area (Å²) in [5, 5.41) is 2.98. The van der Waals surface area contributed by atoms with Crippen molar-refractivity contribution in [2.75, 3.05) is 6.54 Å². The first-order valence-corrected chi connectivity index (χ1v) is 10.8. The average Bonchev–Trinajstić information content (AvgIpc) is 2.60. The largest absolute Gasteiger partial charge is 0.356 e. The Bertz CT molecular complexity index is 380. The predicted octanol–water partition coefficient (Wildman–Crippen LogP) is 5.52. The number of ketones is 2. The molecule has 0 heterocycles. The van der Waals surface area contributed by atoms with Crippen molar-refractivity contribution >= 4 is 17.5 Å². The maximum absolute atomic E-state index is 11.8. The van der Waals surface area contributed by atoms with Crippen LogP contribution in [0.3, 0.4) is 0 Å². The number of nitrogens with one attached hydrogen (secondary N) is 1. The van der Waals surface area contributed by atoms with Gasteiger partial charge in [-0.2, -0.15) is 0 Å². The second-order valence-electron chi connectivity index (χ2n) is 7.48. The van der Waals surface area contributed by atoms with Gasteiger partial charge < -0.3 is 10.1 Å². The Kier molecular flexibility index (Phi) is 17.7. The fraction of sp³-hybridized carbons (Fsp3) is 0.864. The van der Waals surface area contributed by atoms with Crippen LogP contribution in [0, 0.1) is 0 Å². The van der Waals surface area contributed by atoms with E-state index in [0.717, 1.165) is 51.5 Å². The lowest BCUT2D eigenvalue weighted by molar-refractivity contribution is -0.122. The fourth-order valence-corrected chi connectivity index (χ4v) is 3.00. The number of carbonyl (C=O) groups excluding carboxylic acids is 3. The van der Waals surface area contributed by atoms with Gasteiger partial charge in [-0.05, 0) is 39.0 Å². The van der Waals surface area contributed by atoms with E-state index in [1.54, 1.807) is 6.92 Å². The third kappa shape index (κ3) is 19.1. The molecule has 0 aromatic carbocycles. The van der Waals surface area contributed by atoms with Crippen LogP contribution in [0.2, 0.25) is 0 Å². The minimum Gasteiger partial charge on any atom is -0.356 e. The van der Waals surface area contributed by atoms with E-state index in [1.165, 1.54) is 32.1 Å². The molecule has 0 unspecified atom stereocenters. The minimum atomic E-state index is 0.122. The monoisotopic (exact) mass is 367 g/mol. The van der Waals surface area contributed by atoms with E-state index in [-0.39, 0.29) is 11.7 Å². The van der Waals surface area contributed by atoms with Gasteiger partial charge >= 0.3 is 0 Å². The molecule has 0 rings (SSSR count). The van der Waals surface area contributed by atoms with Crippen LogP contribution in [0.15, 0.2) is 0 Å². The quantitative estimate of drug-likeness (QED) is 0.306. The van der Waals surface area contributed by atoms with Crippen LogP contribution in [-0.4, -0.2) is 24.0 Å². The fourth-order valence-electron chi connectivity index (χ4n) is 3.00. The predicted molar refractivity (Wildman–Crippen MR) is 108 cm³/mol. The van der Waals surface area contributed by atoms with Gasteiger partial charge in [-0.25, -0.2) is 0 Å². The molecule has 152 valence electrons. The Morgan fingerprint density at radius 2 is 1.12 bits per heavy atom. The van der Waals surface area contributed by atoms with Gasteiger partial charge in [-0.1, -0.05) is 51.9 Å². The van der Waals surface area contributed by atoms with Crippen LogP contribution in [-0.2, 0) is 14.4 Å². The third-order valence-corrected chi connectivity index (χ3v) is 4.70. The summed E-state index contributed by atoms with van der Waals surface area (Å²) in [4.78, 5) is 34.3. The van der Waals surface area contributed by atoms with Crippen LogP contribution >= 0.6 is 0 Å². The number of carbonyl (C=O) groups is 3. The van der Waals surface area contributed by atoms with E-state index < -0.39 is 0 Å². The second kappa shape index (κ2) is 18.6. The topological polar surface area (TPSA) is 63.2 Å². The summed E-state index contributed by atoms with van der Waals surface area (Å²) in [7, 11) is 0. The van der Waals surface area contributed by atoms with Gasteiger partial charge in [0.2, 0.25) is 5.91 Å². The molecule has 26 heavy (non-hydrogen) atoms. The summed E-state index contributed by atoms with van der Waals surface area (Å²) in [5.41, 5.74) is 0. The first-order valence-electron chi connectivity index (χ1n) is 10.8. The number of amides is 1. The van der Waals surface area contributed by atoms with Crippen molar-refractivity contribution in [3.8, 4) is 0 Å². The molecule has 1 N–H and O–H groups in total. The third-order valence-electron chi connectivity index (χ3n) is 4.70. The molecule has 0 aromatic heterocycles. The van der Waals surface area contributed by atoms with E-state index in [9.17, 15) is 14.4 Å². The molecule has 0 bridgehead atoms. The molecule has 0 aliphatic rings. The van der Waals surface area contributed by atoms with Crippen molar-refractivity contribution in [2.45, 2.75) is 117 Å². The minimum absolute atomic E-state index is 0.122. The maximum atomic E-state index is 11.8. The Balaban J connectivity index is 3.34. The molecule has 0 atom stereocenters. The van der Waals surface area contributed by atoms with Crippen LogP contribution in [0.5, 0.6) is 0 Å². The second-order valence-corrected chi connectivity index (χ2v) is 7.48. The Morgan fingerprint density at radius 1 is 0.615 bits per heavy atom. The zero-order chi connectivity index (χ0) is 19.5. The van der Waals surface area contributed by atoms with Crippen LogP contribution in [0.25, 0.3) is 0 Å². The molecule has 0 spiro atoms. The van der Waals surface area contributed by atoms with Gasteiger partial charge in [0.05, 0.1) is 0 Å². The van der Waals surface area contributed by atoms with Crippen molar-refractivity contribution in [3.05, 3.63) is 0 Å². The maximum Gasteiger partial charge on any atom is 0.219 e. The van der Waals surface area contributed by atoms with Gasteiger partial charge in [0.25, 0.3) is 0 Å². The SMILES string of the molecule is CCCCCCCCNC(=O)CCCCC(=O)CCCCCCC(C)=O. The van der Waals surface area contributed by atoms with E-state index >= 15 is 0 Å². The highest BCUT2D eigenvalue weighted by Gasteiger charge is 2.04. The highest BCUT2D eigenvalue weighted by Crippen LogP contribution is 2.09. The van der Waals surface area contributed by atoms with Crippen molar-refractivity contribution in [2.24, 2.45) is 0 Å². The zero-order valence-electron chi connectivity index (χ0n) is 17.2. The van der Waals surface area contributed by atoms with Gasteiger partial charge in [0.1, 0.15) is 11.6 Å². The smallest absolute Gasteiger partial charge is 0.219 e. The Labute approximate surface area is 160 Å². The molecular formula is C22H41NO3. The van der Waals surface area contributed by atoms with Crippen molar-refractivity contribution in [1.82, 2.24) is 5.32 Å². The molecule has 0 aliphatic heterocycles. The van der Waals surface area contributed by atoms with Crippen molar-refractivity contribution < 1.29 is 14.4 Å². The molecule has 0 radical (unpaired) electrons. The standard InChI is InChI=1S/C22H41NO3/c1-3-4-5-6-9-14-19-23-22(26)18-13-12-17-21(25)16-11-8-7-10-15-20(2)24/h3-19H2,1-2H3,(H,23,26). The van der Waals surface area contributed by atoms with Crippen LogP contribution < -0.4 is 5.32 Å². The molecule has 4 nitrogen and oxygen atoms in total. The summed E-state index contributed by atoms with van der Waals surface area (Å²) in [6.45, 7) is 4.62. The molecule has 0 aromatic rings. The highest BCUT2D eigenvalue weighted by atomic mass is 16.1. The number of rotatable bonds is 19. The van der Waals surface area contributed by atoms with Gasteiger partial charge in [-0.15, -0.1) is 0 Å². The summed E-state index contributed by atoms with van der Waals surface area (Å²) < 4.78 is 0. The molecule has 4 heteroatoms. The summed E-state index contributed by atoms with van der Waals surface area (Å²) in [6, 6.07) is 0. The van der Waals surface area contributed by atoms with E-state index in [1.807, 2.05) is 0 Å². The van der Waals surface area contributed by atoms with Crippen molar-refractivity contribution in [3.63, 3.8) is 0 Å². The van der Waals surface area contributed by atoms with Crippen LogP contribution in [0.1, 0.15) is 117 Å². The molecule has 0 fully saturated rings. The lowest BCUT2D eigenvalue weighted by Gasteiger charge is -2.05. The van der Waals surface area contributed by atoms with Crippen LogP contribution in [0.4, 0.5) is 0 Å². The molecule has 1 amide bonds. The van der Waals surface area contributed by atoms with Gasteiger partial charge in [-0.3, -0.25) is 9.59 Å². The average molecular weight is 368 g/mol. The number of hydrogen-bond donors (Lipinski definition) is 1. The summed E-state index contributed by atoms with van der Waals surface area (Å²) in [6.07, 6.45) is 15.4. The number of hydrogen-bond acceptors (Lipinski definition) is 3.